The van der Waals surface area contributed by atoms with Crippen LogP contribution in [0.3, 0.4) is 0 Å². The molecule has 0 amide bonds. The number of methoxy groups -OCH3 is 1. The molecule has 2 rings (SSSR count). The summed E-state index contributed by atoms with van der Waals surface area (Å²) in [5, 5.41) is 11.0. The van der Waals surface area contributed by atoms with Gasteiger partial charge < -0.3 is 9.47 Å². The van der Waals surface area contributed by atoms with Gasteiger partial charge >= 0.3 is 11.7 Å². The normalized spacial score (nSPS) is 10.0. The van der Waals surface area contributed by atoms with Gasteiger partial charge in [-0.3, -0.25) is 10.1 Å². The van der Waals surface area contributed by atoms with Crippen molar-refractivity contribution in [3.8, 4) is 11.6 Å². The first-order valence-corrected chi connectivity index (χ1v) is 5.99. The molecule has 21 heavy (non-hydrogen) atoms. The van der Waals surface area contributed by atoms with Crippen LogP contribution < -0.4 is 4.74 Å². The van der Waals surface area contributed by atoms with Gasteiger partial charge in [0.15, 0.2) is 5.69 Å². The van der Waals surface area contributed by atoms with Crippen molar-refractivity contribution in [2.75, 3.05) is 7.11 Å². The Kier molecular flexibility index (Phi) is 4.13. The molecule has 0 spiro atoms. The van der Waals surface area contributed by atoms with Crippen molar-refractivity contribution in [3.05, 3.63) is 57.8 Å². The van der Waals surface area contributed by atoms with E-state index >= 15 is 0 Å². The fourth-order valence-electron chi connectivity index (χ4n) is 1.66. The lowest BCUT2D eigenvalue weighted by atomic mass is 10.2. The number of carbonyl (C=O) groups excluding carboxylic acids is 1. The number of hydrogen-bond donors (Lipinski definition) is 0. The van der Waals surface area contributed by atoms with Crippen molar-refractivity contribution in [2.24, 2.45) is 0 Å². The third-order valence-electron chi connectivity index (χ3n) is 2.64. The summed E-state index contributed by atoms with van der Waals surface area (Å²) >= 11 is 0. The maximum atomic E-state index is 11.4. The molecule has 7 nitrogen and oxygen atoms in total. The Labute approximate surface area is 120 Å². The highest BCUT2D eigenvalue weighted by atomic mass is 16.6. The number of esters is 1. The molecule has 0 unspecified atom stereocenters. The zero-order valence-electron chi connectivity index (χ0n) is 11.4. The molecule has 0 bridgehead atoms. The fourth-order valence-corrected chi connectivity index (χ4v) is 1.66. The van der Waals surface area contributed by atoms with E-state index in [1.807, 2.05) is 13.0 Å². The first kappa shape index (κ1) is 14.4. The zero-order chi connectivity index (χ0) is 15.4. The standard InChI is InChI=1S/C14H12N2O5/c1-9-4-3-5-10(8-9)21-13-12(16(18)19)7-6-11(15-13)14(17)20-2/h3-8H,1-2H3. The van der Waals surface area contributed by atoms with Crippen LogP contribution in [-0.2, 0) is 4.74 Å². The molecule has 7 heteroatoms. The van der Waals surface area contributed by atoms with E-state index in [1.54, 1.807) is 18.2 Å². The largest absolute Gasteiger partial charge is 0.464 e. The van der Waals surface area contributed by atoms with E-state index in [0.717, 1.165) is 11.6 Å². The molecule has 0 aliphatic carbocycles. The van der Waals surface area contributed by atoms with Crippen LogP contribution in [0.15, 0.2) is 36.4 Å². The lowest BCUT2D eigenvalue weighted by Gasteiger charge is -2.07. The minimum atomic E-state index is -0.695. The molecule has 2 aromatic rings. The van der Waals surface area contributed by atoms with Crippen molar-refractivity contribution in [1.82, 2.24) is 4.98 Å². The Balaban J connectivity index is 2.43. The Bertz CT molecular complexity index is 700. The second-order valence-electron chi connectivity index (χ2n) is 4.19. The smallest absolute Gasteiger partial charge is 0.356 e. The monoisotopic (exact) mass is 288 g/mol. The van der Waals surface area contributed by atoms with Crippen LogP contribution in [0.4, 0.5) is 5.69 Å². The summed E-state index contributed by atoms with van der Waals surface area (Å²) in [5.74, 6) is -0.555. The van der Waals surface area contributed by atoms with Gasteiger partial charge in [0.05, 0.1) is 12.0 Å². The number of nitrogens with zero attached hydrogens (tertiary/aromatic N) is 2. The Morgan fingerprint density at radius 2 is 2.05 bits per heavy atom. The van der Waals surface area contributed by atoms with Crippen LogP contribution in [0.2, 0.25) is 0 Å². The molecular formula is C14H12N2O5. The Morgan fingerprint density at radius 3 is 2.67 bits per heavy atom. The lowest BCUT2D eigenvalue weighted by molar-refractivity contribution is -0.386. The number of hydrogen-bond acceptors (Lipinski definition) is 6. The van der Waals surface area contributed by atoms with Gasteiger partial charge in [-0.25, -0.2) is 4.79 Å². The summed E-state index contributed by atoms with van der Waals surface area (Å²) in [6, 6.07) is 9.33. The number of carbonyl (C=O) groups is 1. The van der Waals surface area contributed by atoms with Gasteiger partial charge in [0.25, 0.3) is 5.88 Å². The minimum Gasteiger partial charge on any atom is -0.464 e. The zero-order valence-corrected chi connectivity index (χ0v) is 11.4. The number of ether oxygens (including phenoxy) is 2. The van der Waals surface area contributed by atoms with Gasteiger partial charge in [-0.15, -0.1) is 0 Å². The van der Waals surface area contributed by atoms with Crippen molar-refractivity contribution < 1.29 is 19.2 Å². The summed E-state index contributed by atoms with van der Waals surface area (Å²) < 4.78 is 9.96. The fraction of sp³-hybridized carbons (Fsp3) is 0.143. The molecule has 0 saturated carbocycles. The van der Waals surface area contributed by atoms with E-state index in [2.05, 4.69) is 9.72 Å². The number of rotatable bonds is 4. The lowest BCUT2D eigenvalue weighted by Crippen LogP contribution is -2.06. The predicted octanol–water partition coefficient (Wildman–Crippen LogP) is 2.88. The number of nitro groups is 1. The van der Waals surface area contributed by atoms with Crippen molar-refractivity contribution in [1.29, 1.82) is 0 Å². The maximum Gasteiger partial charge on any atom is 0.356 e. The number of pyridine rings is 1. The van der Waals surface area contributed by atoms with Gasteiger partial charge in [0, 0.05) is 6.07 Å². The first-order valence-electron chi connectivity index (χ1n) is 5.99. The van der Waals surface area contributed by atoms with E-state index in [0.29, 0.717) is 5.75 Å². The molecule has 0 atom stereocenters. The SMILES string of the molecule is COC(=O)c1ccc([N+](=O)[O-])c(Oc2cccc(C)c2)n1. The van der Waals surface area contributed by atoms with Gasteiger partial charge in [0.1, 0.15) is 5.75 Å². The molecule has 0 aliphatic heterocycles. The van der Waals surface area contributed by atoms with Crippen molar-refractivity contribution in [2.45, 2.75) is 6.92 Å². The van der Waals surface area contributed by atoms with E-state index in [9.17, 15) is 14.9 Å². The molecule has 1 heterocycles. The molecule has 1 aromatic carbocycles. The summed E-state index contributed by atoms with van der Waals surface area (Å²) in [6.07, 6.45) is 0. The molecule has 0 radical (unpaired) electrons. The summed E-state index contributed by atoms with van der Waals surface area (Å²) in [7, 11) is 1.20. The van der Waals surface area contributed by atoms with Gasteiger partial charge in [-0.1, -0.05) is 12.1 Å². The molecule has 0 N–H and O–H groups in total. The van der Waals surface area contributed by atoms with Crippen LogP contribution in [0.5, 0.6) is 11.6 Å². The average molecular weight is 288 g/mol. The molecule has 0 aliphatic rings. The summed E-state index contributed by atoms with van der Waals surface area (Å²) in [6.45, 7) is 1.86. The highest BCUT2D eigenvalue weighted by Gasteiger charge is 2.21. The molecular weight excluding hydrogens is 276 g/mol. The minimum absolute atomic E-state index is 0.0641. The van der Waals surface area contributed by atoms with Crippen LogP contribution in [0.25, 0.3) is 0 Å². The van der Waals surface area contributed by atoms with Gasteiger partial charge in [-0.05, 0) is 30.7 Å². The first-order chi connectivity index (χ1) is 10.0. The third-order valence-corrected chi connectivity index (χ3v) is 2.64. The second kappa shape index (κ2) is 6.00. The Hall–Kier alpha value is -2.96. The number of benzene rings is 1. The number of aryl methyl sites for hydroxylation is 1. The topological polar surface area (TPSA) is 91.6 Å². The van der Waals surface area contributed by atoms with Gasteiger partial charge in [-0.2, -0.15) is 4.98 Å². The summed E-state index contributed by atoms with van der Waals surface area (Å²) in [4.78, 5) is 25.7. The van der Waals surface area contributed by atoms with E-state index in [4.69, 9.17) is 4.74 Å². The van der Waals surface area contributed by atoms with Crippen LogP contribution >= 0.6 is 0 Å². The summed E-state index contributed by atoms with van der Waals surface area (Å²) in [5.41, 5.74) is 0.536. The van der Waals surface area contributed by atoms with E-state index < -0.39 is 10.9 Å². The van der Waals surface area contributed by atoms with Crippen LogP contribution in [-0.4, -0.2) is 23.0 Å². The van der Waals surface area contributed by atoms with Crippen molar-refractivity contribution >= 4 is 11.7 Å². The molecule has 1 aromatic heterocycles. The van der Waals surface area contributed by atoms with Crippen molar-refractivity contribution in [3.63, 3.8) is 0 Å². The Morgan fingerprint density at radius 1 is 1.29 bits per heavy atom. The predicted molar refractivity (Wildman–Crippen MR) is 73.5 cm³/mol. The third kappa shape index (κ3) is 3.33. The second-order valence-corrected chi connectivity index (χ2v) is 4.19. The van der Waals surface area contributed by atoms with E-state index in [-0.39, 0.29) is 17.3 Å². The van der Waals surface area contributed by atoms with Crippen LogP contribution in [0, 0.1) is 17.0 Å². The quantitative estimate of drug-likeness (QED) is 0.488. The van der Waals surface area contributed by atoms with E-state index in [1.165, 1.54) is 13.2 Å². The van der Waals surface area contributed by atoms with Crippen LogP contribution in [0.1, 0.15) is 16.1 Å². The molecule has 108 valence electrons. The molecule has 0 fully saturated rings. The number of aromatic nitrogens is 1. The maximum absolute atomic E-state index is 11.4. The average Bonchev–Trinajstić information content (AvgIpc) is 2.46. The van der Waals surface area contributed by atoms with Gasteiger partial charge in [0.2, 0.25) is 0 Å². The highest BCUT2D eigenvalue weighted by Crippen LogP contribution is 2.29. The highest BCUT2D eigenvalue weighted by molar-refractivity contribution is 5.87. The molecule has 0 saturated heterocycles.